The lowest BCUT2D eigenvalue weighted by molar-refractivity contribution is 0.0911. The summed E-state index contributed by atoms with van der Waals surface area (Å²) in [5.74, 6) is -0.369. The van der Waals surface area contributed by atoms with Crippen LogP contribution in [0.3, 0.4) is 0 Å². The predicted molar refractivity (Wildman–Crippen MR) is 63.7 cm³/mol. The van der Waals surface area contributed by atoms with Crippen molar-refractivity contribution in [2.24, 2.45) is 0 Å². The van der Waals surface area contributed by atoms with Crippen molar-refractivity contribution in [2.75, 3.05) is 6.26 Å². The van der Waals surface area contributed by atoms with Crippen LogP contribution in [0.4, 0.5) is 0 Å². The second-order valence-electron chi connectivity index (χ2n) is 3.25. The Morgan fingerprint density at radius 2 is 2.12 bits per heavy atom. The third-order valence-electron chi connectivity index (χ3n) is 2.07. The number of thioether (sulfide) groups is 1. The van der Waals surface area contributed by atoms with Crippen molar-refractivity contribution in [1.82, 2.24) is 15.5 Å². The molecule has 0 saturated carbocycles. The largest absolute Gasteiger partial charge is 0.407 e. The molecule has 0 unspecified atom stereocenters. The van der Waals surface area contributed by atoms with Gasteiger partial charge in [0.2, 0.25) is 0 Å². The van der Waals surface area contributed by atoms with E-state index in [1.165, 1.54) is 11.8 Å². The molecule has 0 spiro atoms. The first kappa shape index (κ1) is 11.7. The van der Waals surface area contributed by atoms with E-state index >= 15 is 0 Å². The first-order valence-electron chi connectivity index (χ1n) is 4.99. The molecule has 0 bridgehead atoms. The summed E-state index contributed by atoms with van der Waals surface area (Å²) in [7, 11) is 0. The summed E-state index contributed by atoms with van der Waals surface area (Å²) < 4.78 is 5.11. The average Bonchev–Trinajstić information content (AvgIpc) is 2.86. The summed E-state index contributed by atoms with van der Waals surface area (Å²) >= 11 is 1.30. The molecule has 0 aliphatic carbocycles. The molecule has 88 valence electrons. The normalized spacial score (nSPS) is 10.2. The number of aromatic nitrogens is 2. The van der Waals surface area contributed by atoms with Gasteiger partial charge in [-0.1, -0.05) is 42.1 Å². The minimum atomic E-state index is -0.360. The Kier molecular flexibility index (Phi) is 3.77. The molecular formula is C11H11N3O2S. The van der Waals surface area contributed by atoms with Crippen LogP contribution in [0.25, 0.3) is 0 Å². The summed E-state index contributed by atoms with van der Waals surface area (Å²) in [6, 6.07) is 9.62. The Balaban J connectivity index is 1.93. The maximum atomic E-state index is 11.6. The van der Waals surface area contributed by atoms with Crippen LogP contribution in [0.5, 0.6) is 0 Å². The van der Waals surface area contributed by atoms with Crippen LogP contribution >= 0.6 is 11.8 Å². The number of nitrogens with zero attached hydrogens (tertiary/aromatic N) is 2. The lowest BCUT2D eigenvalue weighted by atomic mass is 10.2. The maximum Gasteiger partial charge on any atom is 0.309 e. The molecule has 5 nitrogen and oxygen atoms in total. The van der Waals surface area contributed by atoms with Gasteiger partial charge in [0.15, 0.2) is 0 Å². The van der Waals surface area contributed by atoms with Crippen molar-refractivity contribution in [3.8, 4) is 0 Å². The highest BCUT2D eigenvalue weighted by Crippen LogP contribution is 2.11. The van der Waals surface area contributed by atoms with Gasteiger partial charge in [-0.2, -0.15) is 0 Å². The Bertz CT molecular complexity index is 498. The zero-order valence-corrected chi connectivity index (χ0v) is 10.0. The van der Waals surface area contributed by atoms with Crippen LogP contribution in [-0.2, 0) is 6.54 Å². The van der Waals surface area contributed by atoms with E-state index in [1.807, 2.05) is 30.3 Å². The molecular weight excluding hydrogens is 238 g/mol. The number of rotatable bonds is 4. The molecule has 0 atom stereocenters. The topological polar surface area (TPSA) is 68.0 Å². The SMILES string of the molecule is CSc1nnc(C(=O)NCc2ccccc2)o1. The van der Waals surface area contributed by atoms with Gasteiger partial charge in [0.25, 0.3) is 5.22 Å². The molecule has 0 saturated heterocycles. The summed E-state index contributed by atoms with van der Waals surface area (Å²) in [4.78, 5) is 11.6. The number of benzene rings is 1. The molecule has 0 radical (unpaired) electrons. The van der Waals surface area contributed by atoms with Gasteiger partial charge in [-0.15, -0.1) is 10.2 Å². The first-order valence-corrected chi connectivity index (χ1v) is 6.21. The van der Waals surface area contributed by atoms with Crippen LogP contribution in [0.1, 0.15) is 16.2 Å². The van der Waals surface area contributed by atoms with E-state index in [2.05, 4.69) is 15.5 Å². The van der Waals surface area contributed by atoms with Gasteiger partial charge >= 0.3 is 11.8 Å². The lowest BCUT2D eigenvalue weighted by Crippen LogP contribution is -2.23. The quantitative estimate of drug-likeness (QED) is 0.836. The zero-order valence-electron chi connectivity index (χ0n) is 9.21. The van der Waals surface area contributed by atoms with Gasteiger partial charge in [-0.05, 0) is 11.8 Å². The van der Waals surface area contributed by atoms with Crippen molar-refractivity contribution in [3.05, 3.63) is 41.8 Å². The van der Waals surface area contributed by atoms with Crippen molar-refractivity contribution >= 4 is 17.7 Å². The number of amides is 1. The smallest absolute Gasteiger partial charge is 0.309 e. The molecule has 1 N–H and O–H groups in total. The van der Waals surface area contributed by atoms with Crippen molar-refractivity contribution in [2.45, 2.75) is 11.8 Å². The molecule has 0 fully saturated rings. The Morgan fingerprint density at radius 3 is 2.76 bits per heavy atom. The van der Waals surface area contributed by atoms with Crippen LogP contribution in [0, 0.1) is 0 Å². The fraction of sp³-hybridized carbons (Fsp3) is 0.182. The van der Waals surface area contributed by atoms with Gasteiger partial charge in [-0.25, -0.2) is 0 Å². The third kappa shape index (κ3) is 3.07. The Hall–Kier alpha value is -1.82. The Morgan fingerprint density at radius 1 is 1.35 bits per heavy atom. The highest BCUT2D eigenvalue weighted by Gasteiger charge is 2.13. The first-order chi connectivity index (χ1) is 8.29. The summed E-state index contributed by atoms with van der Waals surface area (Å²) in [5, 5.41) is 10.4. The van der Waals surface area contributed by atoms with Crippen LogP contribution in [0.2, 0.25) is 0 Å². The maximum absolute atomic E-state index is 11.6. The summed E-state index contributed by atoms with van der Waals surface area (Å²) in [6.07, 6.45) is 1.80. The van der Waals surface area contributed by atoms with Crippen molar-refractivity contribution in [3.63, 3.8) is 0 Å². The highest BCUT2D eigenvalue weighted by atomic mass is 32.2. The van der Waals surface area contributed by atoms with Gasteiger partial charge in [0.05, 0.1) is 0 Å². The molecule has 0 aliphatic rings. The van der Waals surface area contributed by atoms with Crippen molar-refractivity contribution in [1.29, 1.82) is 0 Å². The molecule has 1 aromatic carbocycles. The van der Waals surface area contributed by atoms with Crippen LogP contribution < -0.4 is 5.32 Å². The number of nitrogens with one attached hydrogen (secondary N) is 1. The monoisotopic (exact) mass is 249 g/mol. The molecule has 17 heavy (non-hydrogen) atoms. The molecule has 1 heterocycles. The molecule has 6 heteroatoms. The van der Waals surface area contributed by atoms with Crippen LogP contribution in [-0.4, -0.2) is 22.4 Å². The highest BCUT2D eigenvalue weighted by molar-refractivity contribution is 7.98. The predicted octanol–water partition coefficient (Wildman–Crippen LogP) is 1.72. The Labute approximate surface area is 103 Å². The van der Waals surface area contributed by atoms with E-state index in [0.29, 0.717) is 11.8 Å². The number of hydrogen-bond donors (Lipinski definition) is 1. The second kappa shape index (κ2) is 5.49. The zero-order chi connectivity index (χ0) is 12.1. The fourth-order valence-corrected chi connectivity index (χ4v) is 1.52. The number of carbonyl (C=O) groups is 1. The summed E-state index contributed by atoms with van der Waals surface area (Å²) in [5.41, 5.74) is 1.02. The van der Waals surface area contributed by atoms with Gasteiger partial charge in [0, 0.05) is 6.54 Å². The van der Waals surface area contributed by atoms with E-state index < -0.39 is 0 Å². The fourth-order valence-electron chi connectivity index (χ4n) is 1.24. The van der Waals surface area contributed by atoms with Crippen molar-refractivity contribution < 1.29 is 9.21 Å². The summed E-state index contributed by atoms with van der Waals surface area (Å²) in [6.45, 7) is 0.441. The van der Waals surface area contributed by atoms with Gasteiger partial charge in [-0.3, -0.25) is 4.79 Å². The minimum absolute atomic E-state index is 0.00900. The average molecular weight is 249 g/mol. The van der Waals surface area contributed by atoms with E-state index in [0.717, 1.165) is 5.56 Å². The van der Waals surface area contributed by atoms with Crippen LogP contribution in [0.15, 0.2) is 40.0 Å². The number of hydrogen-bond acceptors (Lipinski definition) is 5. The molecule has 1 amide bonds. The van der Waals surface area contributed by atoms with E-state index in [1.54, 1.807) is 6.26 Å². The number of carbonyl (C=O) groups excluding carboxylic acids is 1. The molecule has 2 aromatic rings. The second-order valence-corrected chi connectivity index (χ2v) is 4.00. The van der Waals surface area contributed by atoms with Gasteiger partial charge < -0.3 is 9.73 Å². The molecule has 0 aliphatic heterocycles. The molecule has 1 aromatic heterocycles. The third-order valence-corrected chi connectivity index (χ3v) is 2.59. The van der Waals surface area contributed by atoms with Gasteiger partial charge in [0.1, 0.15) is 0 Å². The van der Waals surface area contributed by atoms with E-state index in [-0.39, 0.29) is 11.8 Å². The van der Waals surface area contributed by atoms with E-state index in [9.17, 15) is 4.79 Å². The lowest BCUT2D eigenvalue weighted by Gasteiger charge is -2.01. The van der Waals surface area contributed by atoms with E-state index in [4.69, 9.17) is 4.42 Å². The molecule has 2 rings (SSSR count). The minimum Gasteiger partial charge on any atom is -0.407 e. The standard InChI is InChI=1S/C11H11N3O2S/c1-17-11-14-13-10(16-11)9(15)12-7-8-5-3-2-4-6-8/h2-6H,7H2,1H3,(H,12,15).